The lowest BCUT2D eigenvalue weighted by Crippen LogP contribution is -2.17. The molecule has 0 aliphatic rings. The molecule has 0 saturated carbocycles. The number of benzene rings is 1. The predicted molar refractivity (Wildman–Crippen MR) is 146 cm³/mol. The van der Waals surface area contributed by atoms with Crippen LogP contribution in [0.1, 0.15) is 23.2 Å². The van der Waals surface area contributed by atoms with Gasteiger partial charge in [-0.3, -0.25) is 14.4 Å². The number of ketones is 1. The maximum atomic E-state index is 11.3. The molecule has 0 spiro atoms. The van der Waals surface area contributed by atoms with Crippen LogP contribution in [0.3, 0.4) is 0 Å². The minimum atomic E-state index is -1.56. The second-order valence-electron chi connectivity index (χ2n) is 8.27. The number of aliphatic carboxylic acids is 1. The summed E-state index contributed by atoms with van der Waals surface area (Å²) in [6.07, 6.45) is 0.122. The van der Waals surface area contributed by atoms with E-state index in [1.807, 2.05) is 0 Å². The highest BCUT2D eigenvalue weighted by molar-refractivity contribution is 6.32. The van der Waals surface area contributed by atoms with Crippen LogP contribution < -0.4 is 4.74 Å². The van der Waals surface area contributed by atoms with Gasteiger partial charge in [-0.05, 0) is 24.3 Å². The molecule has 1 N–H and O–H groups in total. The van der Waals surface area contributed by atoms with Gasteiger partial charge in [0.2, 0.25) is 5.78 Å². The summed E-state index contributed by atoms with van der Waals surface area (Å²) in [4.78, 5) is 43.2. The molecule has 14 heteroatoms. The van der Waals surface area contributed by atoms with Crippen molar-refractivity contribution < 1.29 is 66.9 Å². The van der Waals surface area contributed by atoms with Crippen molar-refractivity contribution in [3.05, 3.63) is 29.8 Å². The van der Waals surface area contributed by atoms with Gasteiger partial charge >= 0.3 is 11.9 Å². The molecule has 42 heavy (non-hydrogen) atoms. The minimum absolute atomic E-state index is 0.0117. The van der Waals surface area contributed by atoms with Crippen LogP contribution in [-0.4, -0.2) is 135 Å². The Bertz CT molecular complexity index is 846. The molecule has 0 radical (unpaired) electrons. The molecule has 0 bridgehead atoms. The lowest BCUT2D eigenvalue weighted by Gasteiger charge is -2.09. The molecule has 0 atom stereocenters. The van der Waals surface area contributed by atoms with Crippen molar-refractivity contribution in [2.24, 2.45) is 0 Å². The summed E-state index contributed by atoms with van der Waals surface area (Å²) in [5.41, 5.74) is 0.604. The fourth-order valence-electron chi connectivity index (χ4n) is 2.89. The number of Topliss-reactive ketones (excluding diaryl/α,β-unsaturated/α-hetero) is 1. The van der Waals surface area contributed by atoms with Gasteiger partial charge in [0.25, 0.3) is 0 Å². The van der Waals surface area contributed by atoms with Gasteiger partial charge in [-0.2, -0.15) is 0 Å². The maximum Gasteiger partial charge on any atom is 0.372 e. The Morgan fingerprint density at radius 1 is 0.548 bits per heavy atom. The molecule has 0 unspecified atom stereocenters. The number of rotatable bonds is 30. The molecule has 0 aromatic heterocycles. The number of ether oxygens (including phenoxy) is 9. The van der Waals surface area contributed by atoms with Crippen LogP contribution in [0.15, 0.2) is 24.3 Å². The third-order valence-corrected chi connectivity index (χ3v) is 5.03. The molecular weight excluding hydrogens is 560 g/mol. The third kappa shape index (κ3) is 22.7. The van der Waals surface area contributed by atoms with Crippen LogP contribution in [0.2, 0.25) is 0 Å². The Morgan fingerprint density at radius 2 is 0.929 bits per heavy atom. The van der Waals surface area contributed by atoms with E-state index in [0.29, 0.717) is 104 Å². The van der Waals surface area contributed by atoms with Crippen molar-refractivity contribution >= 4 is 24.0 Å². The topological polar surface area (TPSA) is 172 Å². The monoisotopic (exact) mass is 602 g/mol. The second-order valence-corrected chi connectivity index (χ2v) is 8.27. The SMILES string of the molecule is O=Cc1ccc(OCCOCCOCCOCCOCCOCCOCCOCCOC(=O)CCC(=O)C(=O)O)cc1. The van der Waals surface area contributed by atoms with Gasteiger partial charge in [0, 0.05) is 12.0 Å². The highest BCUT2D eigenvalue weighted by Crippen LogP contribution is 2.10. The van der Waals surface area contributed by atoms with Crippen LogP contribution in [0, 0.1) is 0 Å². The van der Waals surface area contributed by atoms with E-state index in [4.69, 9.17) is 47.7 Å². The highest BCUT2D eigenvalue weighted by atomic mass is 16.6. The molecule has 0 amide bonds. The first-order valence-corrected chi connectivity index (χ1v) is 13.7. The zero-order chi connectivity index (χ0) is 30.5. The van der Waals surface area contributed by atoms with E-state index in [0.717, 1.165) is 6.29 Å². The van der Waals surface area contributed by atoms with E-state index in [1.165, 1.54) is 0 Å². The van der Waals surface area contributed by atoms with Crippen LogP contribution in [0.5, 0.6) is 5.75 Å². The normalized spacial score (nSPS) is 10.9. The minimum Gasteiger partial charge on any atom is -0.491 e. The molecule has 0 aliphatic heterocycles. The van der Waals surface area contributed by atoms with Crippen molar-refractivity contribution in [2.45, 2.75) is 12.8 Å². The number of carboxylic acids is 1. The number of esters is 1. The van der Waals surface area contributed by atoms with Crippen molar-refractivity contribution in [1.29, 1.82) is 0 Å². The molecule has 14 nitrogen and oxygen atoms in total. The van der Waals surface area contributed by atoms with Crippen LogP contribution in [-0.2, 0) is 52.3 Å². The summed E-state index contributed by atoms with van der Waals surface area (Å²) < 4.78 is 48.0. The second kappa shape index (κ2) is 26.9. The van der Waals surface area contributed by atoms with Gasteiger partial charge in [0.1, 0.15) is 25.2 Å². The van der Waals surface area contributed by atoms with Gasteiger partial charge in [0.15, 0.2) is 0 Å². The summed E-state index contributed by atoms with van der Waals surface area (Å²) in [7, 11) is 0. The van der Waals surface area contributed by atoms with Crippen molar-refractivity contribution in [3.8, 4) is 5.75 Å². The largest absolute Gasteiger partial charge is 0.491 e. The van der Waals surface area contributed by atoms with E-state index >= 15 is 0 Å². The first kappa shape index (κ1) is 37.0. The van der Waals surface area contributed by atoms with E-state index in [1.54, 1.807) is 24.3 Å². The van der Waals surface area contributed by atoms with Gasteiger partial charge in [-0.15, -0.1) is 0 Å². The van der Waals surface area contributed by atoms with Crippen LogP contribution in [0.4, 0.5) is 0 Å². The molecule has 1 aromatic carbocycles. The first-order valence-electron chi connectivity index (χ1n) is 13.7. The Balaban J connectivity index is 1.70. The fraction of sp³-hybridized carbons (Fsp3) is 0.643. The predicted octanol–water partition coefficient (Wildman–Crippen LogP) is 0.971. The quantitative estimate of drug-likeness (QED) is 0.0571. The highest BCUT2D eigenvalue weighted by Gasteiger charge is 2.14. The fourth-order valence-corrected chi connectivity index (χ4v) is 2.89. The van der Waals surface area contributed by atoms with Crippen LogP contribution in [0.25, 0.3) is 0 Å². The molecule has 0 aliphatic carbocycles. The molecule has 0 fully saturated rings. The lowest BCUT2D eigenvalue weighted by molar-refractivity contribution is -0.151. The lowest BCUT2D eigenvalue weighted by atomic mass is 10.2. The average molecular weight is 603 g/mol. The third-order valence-electron chi connectivity index (χ3n) is 5.03. The standard InChI is InChI=1S/C28H42O14/c29-23-24-1-3-25(4-2-24)41-21-19-39-17-15-37-13-11-35-9-7-34-8-10-36-12-14-38-16-18-40-20-22-42-27(31)6-5-26(30)28(32)33/h1-4,23H,5-22H2,(H,32,33). The van der Waals surface area contributed by atoms with Gasteiger partial charge in [-0.25, -0.2) is 4.79 Å². The van der Waals surface area contributed by atoms with E-state index in [-0.39, 0.29) is 26.1 Å². The van der Waals surface area contributed by atoms with Gasteiger partial charge in [-0.1, -0.05) is 0 Å². The zero-order valence-electron chi connectivity index (χ0n) is 23.9. The zero-order valence-corrected chi connectivity index (χ0v) is 23.9. The smallest absolute Gasteiger partial charge is 0.372 e. The molecule has 1 rings (SSSR count). The number of carbonyl (C=O) groups excluding carboxylic acids is 3. The maximum absolute atomic E-state index is 11.3. The summed E-state index contributed by atoms with van der Waals surface area (Å²) in [6.45, 7) is 6.13. The number of hydrogen-bond donors (Lipinski definition) is 1. The molecule has 0 saturated heterocycles. The molecular formula is C28H42O14. The summed E-state index contributed by atoms with van der Waals surface area (Å²) >= 11 is 0. The Labute approximate surface area is 245 Å². The van der Waals surface area contributed by atoms with Crippen molar-refractivity contribution in [3.63, 3.8) is 0 Å². The molecule has 1 aromatic rings. The Hall–Kier alpha value is -2.98. The number of carbonyl (C=O) groups is 4. The number of hydrogen-bond acceptors (Lipinski definition) is 13. The summed E-state index contributed by atoms with van der Waals surface area (Å²) in [6, 6.07) is 6.87. The van der Waals surface area contributed by atoms with E-state index in [2.05, 4.69) is 0 Å². The van der Waals surface area contributed by atoms with Crippen LogP contribution >= 0.6 is 0 Å². The van der Waals surface area contributed by atoms with Gasteiger partial charge < -0.3 is 47.7 Å². The first-order chi connectivity index (χ1) is 20.5. The molecule has 238 valence electrons. The Morgan fingerprint density at radius 3 is 1.31 bits per heavy atom. The summed E-state index contributed by atoms with van der Waals surface area (Å²) in [5.74, 6) is -2.56. The summed E-state index contributed by atoms with van der Waals surface area (Å²) in [5, 5.41) is 8.43. The van der Waals surface area contributed by atoms with Crippen molar-refractivity contribution in [2.75, 3.05) is 106 Å². The van der Waals surface area contributed by atoms with Crippen molar-refractivity contribution in [1.82, 2.24) is 0 Å². The van der Waals surface area contributed by atoms with Gasteiger partial charge in [0.05, 0.1) is 98.9 Å². The van der Waals surface area contributed by atoms with E-state index in [9.17, 15) is 19.2 Å². The van der Waals surface area contributed by atoms with E-state index < -0.39 is 17.7 Å². The number of aldehydes is 1. The Kier molecular flexibility index (Phi) is 23.7. The number of carboxylic acid groups (broad SMARTS) is 1. The molecule has 0 heterocycles. The average Bonchev–Trinajstić information content (AvgIpc) is 3.00.